The Morgan fingerprint density at radius 1 is 1.19 bits per heavy atom. The molecular weight excluding hydrogens is 417 g/mol. The van der Waals surface area contributed by atoms with Crippen molar-refractivity contribution in [2.75, 3.05) is 13.1 Å². The Morgan fingerprint density at radius 3 is 2.39 bits per heavy atom. The summed E-state index contributed by atoms with van der Waals surface area (Å²) in [6.45, 7) is 2.41. The number of amides is 2. The van der Waals surface area contributed by atoms with Crippen LogP contribution in [-0.4, -0.2) is 48.5 Å². The maximum atomic E-state index is 12.8. The normalized spacial score (nSPS) is 19.0. The summed E-state index contributed by atoms with van der Waals surface area (Å²) in [7, 11) is 0. The van der Waals surface area contributed by atoms with Crippen LogP contribution in [0, 0.1) is 5.41 Å². The van der Waals surface area contributed by atoms with Crippen LogP contribution >= 0.6 is 0 Å². The van der Waals surface area contributed by atoms with E-state index >= 15 is 0 Å². The van der Waals surface area contributed by atoms with Gasteiger partial charge in [0.05, 0.1) is 5.57 Å². The van der Waals surface area contributed by atoms with Gasteiger partial charge in [-0.05, 0) is 31.2 Å². The number of nitrogens with one attached hydrogen (secondary N) is 3. The van der Waals surface area contributed by atoms with Crippen molar-refractivity contribution >= 4 is 18.0 Å². The fraction of sp³-hybridized carbons (Fsp3) is 0.350. The van der Waals surface area contributed by atoms with E-state index < -0.39 is 18.2 Å². The van der Waals surface area contributed by atoms with Gasteiger partial charge < -0.3 is 30.4 Å². The van der Waals surface area contributed by atoms with Crippen molar-refractivity contribution in [3.05, 3.63) is 47.4 Å². The van der Waals surface area contributed by atoms with E-state index in [2.05, 4.69) is 15.4 Å². The zero-order valence-electron chi connectivity index (χ0n) is 16.6. The first-order valence-corrected chi connectivity index (χ1v) is 9.47. The number of piperidine rings is 1. The first-order chi connectivity index (χ1) is 14.7. The summed E-state index contributed by atoms with van der Waals surface area (Å²) in [5.74, 6) is -0.868. The molecule has 2 amide bonds. The van der Waals surface area contributed by atoms with E-state index in [9.17, 15) is 22.8 Å². The quantitative estimate of drug-likeness (QED) is 0.484. The van der Waals surface area contributed by atoms with Crippen molar-refractivity contribution in [2.24, 2.45) is 0 Å². The summed E-state index contributed by atoms with van der Waals surface area (Å²) < 4.78 is 46.3. The number of alkyl halides is 3. The molecule has 3 rings (SSSR count). The number of likely N-dealkylation sites (tertiary alicyclic amines) is 1. The zero-order chi connectivity index (χ0) is 22.6. The SMILES string of the molecule is CC1=CNC(=O)/C(=C(/C=N)C(=O)N2CCC(Oc3ccc(OC(F)(F)F)cc3)CC2)N1. The van der Waals surface area contributed by atoms with E-state index in [4.69, 9.17) is 10.1 Å². The molecule has 0 spiro atoms. The highest BCUT2D eigenvalue weighted by atomic mass is 19.4. The van der Waals surface area contributed by atoms with Gasteiger partial charge in [-0.3, -0.25) is 9.59 Å². The molecule has 166 valence electrons. The van der Waals surface area contributed by atoms with Crippen molar-refractivity contribution in [3.63, 3.8) is 0 Å². The zero-order valence-corrected chi connectivity index (χ0v) is 16.6. The van der Waals surface area contributed by atoms with Crippen molar-refractivity contribution in [1.29, 1.82) is 5.41 Å². The Labute approximate surface area is 176 Å². The molecule has 0 saturated carbocycles. The van der Waals surface area contributed by atoms with Gasteiger partial charge >= 0.3 is 6.36 Å². The minimum absolute atomic E-state index is 0.0274. The Bertz CT molecular complexity index is 917. The molecule has 2 aliphatic heterocycles. The van der Waals surface area contributed by atoms with E-state index in [1.807, 2.05) is 0 Å². The number of allylic oxidation sites excluding steroid dienone is 1. The molecule has 1 saturated heterocycles. The molecule has 3 N–H and O–H groups in total. The molecule has 0 aromatic heterocycles. The lowest BCUT2D eigenvalue weighted by atomic mass is 10.0. The van der Waals surface area contributed by atoms with Gasteiger partial charge in [-0.1, -0.05) is 0 Å². The van der Waals surface area contributed by atoms with Crippen molar-refractivity contribution in [1.82, 2.24) is 15.5 Å². The van der Waals surface area contributed by atoms with Crippen molar-refractivity contribution in [3.8, 4) is 11.5 Å². The largest absolute Gasteiger partial charge is 0.573 e. The molecule has 0 atom stereocenters. The summed E-state index contributed by atoms with van der Waals surface area (Å²) in [5.41, 5.74) is 0.629. The number of hydrogen-bond acceptors (Lipinski definition) is 6. The molecular formula is C20H21F3N4O4. The summed E-state index contributed by atoms with van der Waals surface area (Å²) in [4.78, 5) is 26.4. The molecule has 31 heavy (non-hydrogen) atoms. The second-order valence-corrected chi connectivity index (χ2v) is 6.99. The number of ether oxygens (including phenoxy) is 2. The number of nitrogens with zero attached hydrogens (tertiary/aromatic N) is 1. The summed E-state index contributed by atoms with van der Waals surface area (Å²) in [6, 6.07) is 5.12. The monoisotopic (exact) mass is 438 g/mol. The van der Waals surface area contributed by atoms with Crippen LogP contribution in [0.15, 0.2) is 47.4 Å². The van der Waals surface area contributed by atoms with Crippen LogP contribution in [0.4, 0.5) is 13.2 Å². The minimum Gasteiger partial charge on any atom is -0.490 e. The minimum atomic E-state index is -4.75. The number of hydrogen-bond donors (Lipinski definition) is 3. The molecule has 2 aliphatic rings. The standard InChI is InChI=1S/C20H21F3N4O4/c1-12-11-25-18(28)17(26-12)16(10-24)19(29)27-8-6-14(7-9-27)30-13-2-4-15(5-3-13)31-20(21,22)23/h2-5,10-11,14,24,26H,6-9H2,1H3,(H,25,28)/b17-16+,24-10?. The highest BCUT2D eigenvalue weighted by Crippen LogP contribution is 2.26. The Morgan fingerprint density at radius 2 is 1.81 bits per heavy atom. The maximum Gasteiger partial charge on any atom is 0.573 e. The molecule has 1 aromatic carbocycles. The van der Waals surface area contributed by atoms with Gasteiger partial charge in [-0.15, -0.1) is 13.2 Å². The number of rotatable bonds is 5. The summed E-state index contributed by atoms with van der Waals surface area (Å²) in [6.07, 6.45) is -1.67. The first-order valence-electron chi connectivity index (χ1n) is 9.47. The van der Waals surface area contributed by atoms with Crippen LogP contribution in [0.1, 0.15) is 19.8 Å². The van der Waals surface area contributed by atoms with Gasteiger partial charge in [0.15, 0.2) is 0 Å². The molecule has 8 nitrogen and oxygen atoms in total. The van der Waals surface area contributed by atoms with Crippen LogP contribution < -0.4 is 20.1 Å². The predicted molar refractivity (Wildman–Crippen MR) is 104 cm³/mol. The van der Waals surface area contributed by atoms with E-state index in [1.165, 1.54) is 35.4 Å². The van der Waals surface area contributed by atoms with Gasteiger partial charge in [-0.25, -0.2) is 0 Å². The topological polar surface area (TPSA) is 104 Å². The lowest BCUT2D eigenvalue weighted by Gasteiger charge is -2.33. The third-order valence-electron chi connectivity index (χ3n) is 4.70. The molecule has 2 heterocycles. The molecule has 0 aliphatic carbocycles. The molecule has 0 radical (unpaired) electrons. The van der Waals surface area contributed by atoms with Gasteiger partial charge in [0.25, 0.3) is 11.8 Å². The van der Waals surface area contributed by atoms with Crippen LogP contribution in [0.3, 0.4) is 0 Å². The Balaban J connectivity index is 1.58. The number of carbonyl (C=O) groups excluding carboxylic acids is 2. The van der Waals surface area contributed by atoms with Gasteiger partial charge in [-0.2, -0.15) is 0 Å². The lowest BCUT2D eigenvalue weighted by Crippen LogP contribution is -2.44. The smallest absolute Gasteiger partial charge is 0.490 e. The second-order valence-electron chi connectivity index (χ2n) is 6.99. The average molecular weight is 438 g/mol. The molecule has 1 fully saturated rings. The predicted octanol–water partition coefficient (Wildman–Crippen LogP) is 2.44. The lowest BCUT2D eigenvalue weighted by molar-refractivity contribution is -0.274. The van der Waals surface area contributed by atoms with E-state index in [0.29, 0.717) is 37.4 Å². The van der Waals surface area contributed by atoms with Gasteiger partial charge in [0, 0.05) is 44.0 Å². The number of benzene rings is 1. The van der Waals surface area contributed by atoms with Crippen molar-refractivity contribution < 1.29 is 32.2 Å². The van der Waals surface area contributed by atoms with E-state index in [1.54, 1.807) is 6.92 Å². The van der Waals surface area contributed by atoms with Crippen molar-refractivity contribution in [2.45, 2.75) is 32.2 Å². The number of halogens is 3. The molecule has 0 bridgehead atoms. The third kappa shape index (κ3) is 5.77. The summed E-state index contributed by atoms with van der Waals surface area (Å²) >= 11 is 0. The fourth-order valence-corrected chi connectivity index (χ4v) is 3.23. The highest BCUT2D eigenvalue weighted by Gasteiger charge is 2.31. The van der Waals surface area contributed by atoms with Gasteiger partial charge in [0.1, 0.15) is 23.3 Å². The first kappa shape index (κ1) is 22.2. The maximum absolute atomic E-state index is 12.8. The Hall–Kier alpha value is -3.50. The van der Waals surface area contributed by atoms with Crippen LogP contribution in [0.2, 0.25) is 0 Å². The van der Waals surface area contributed by atoms with Gasteiger partial charge in [0.2, 0.25) is 0 Å². The summed E-state index contributed by atoms with van der Waals surface area (Å²) in [5, 5.41) is 12.9. The molecule has 11 heteroatoms. The Kier molecular flexibility index (Phi) is 6.52. The fourth-order valence-electron chi connectivity index (χ4n) is 3.23. The third-order valence-corrected chi connectivity index (χ3v) is 4.70. The van der Waals surface area contributed by atoms with Crippen LogP contribution in [-0.2, 0) is 9.59 Å². The van der Waals surface area contributed by atoms with E-state index in [0.717, 1.165) is 6.21 Å². The second kappa shape index (κ2) is 9.11. The average Bonchev–Trinajstić information content (AvgIpc) is 2.72. The molecule has 0 unspecified atom stereocenters. The molecule has 1 aromatic rings. The highest BCUT2D eigenvalue weighted by molar-refractivity contribution is 6.17. The van der Waals surface area contributed by atoms with E-state index in [-0.39, 0.29) is 23.1 Å². The van der Waals surface area contributed by atoms with Crippen LogP contribution in [0.5, 0.6) is 11.5 Å². The number of carbonyl (C=O) groups is 2. The van der Waals surface area contributed by atoms with Crippen LogP contribution in [0.25, 0.3) is 0 Å².